The topological polar surface area (TPSA) is 64.4 Å². The average molecular weight is 257 g/mol. The van der Waals surface area contributed by atoms with Gasteiger partial charge in [0.05, 0.1) is 13.2 Å². The Bertz CT molecular complexity index is 396. The van der Waals surface area contributed by atoms with Crippen molar-refractivity contribution < 1.29 is 9.53 Å². The molecule has 4 nitrogen and oxygen atoms in total. The van der Waals surface area contributed by atoms with Crippen LogP contribution >= 0.6 is 11.6 Å². The molecule has 3 N–H and O–H groups in total. The van der Waals surface area contributed by atoms with Gasteiger partial charge in [0.2, 0.25) is 5.91 Å². The molecule has 0 saturated carbocycles. The second kappa shape index (κ2) is 6.47. The highest BCUT2D eigenvalue weighted by Gasteiger charge is 2.13. The van der Waals surface area contributed by atoms with Crippen LogP contribution in [0.1, 0.15) is 18.9 Å². The summed E-state index contributed by atoms with van der Waals surface area (Å²) in [4.78, 5) is 11.5. The SMILES string of the molecule is CC[C@@H](N)C(=O)NCc1c(Cl)cccc1OC. The summed E-state index contributed by atoms with van der Waals surface area (Å²) in [7, 11) is 1.56. The minimum Gasteiger partial charge on any atom is -0.496 e. The predicted octanol–water partition coefficient (Wildman–Crippen LogP) is 1.70. The van der Waals surface area contributed by atoms with Crippen molar-refractivity contribution in [2.75, 3.05) is 7.11 Å². The summed E-state index contributed by atoms with van der Waals surface area (Å²) in [6.45, 7) is 2.18. The molecule has 1 amide bonds. The zero-order valence-electron chi connectivity index (χ0n) is 10.00. The maximum atomic E-state index is 11.5. The molecule has 0 aliphatic carbocycles. The number of hydrogen-bond acceptors (Lipinski definition) is 3. The van der Waals surface area contributed by atoms with Crippen LogP contribution in [0.3, 0.4) is 0 Å². The first kappa shape index (κ1) is 13.8. The van der Waals surface area contributed by atoms with Crippen molar-refractivity contribution in [2.24, 2.45) is 5.73 Å². The number of nitrogens with one attached hydrogen (secondary N) is 1. The molecule has 1 rings (SSSR count). The van der Waals surface area contributed by atoms with Crippen LogP contribution in [0.15, 0.2) is 18.2 Å². The Morgan fingerprint density at radius 1 is 1.59 bits per heavy atom. The number of nitrogens with two attached hydrogens (primary N) is 1. The molecule has 0 unspecified atom stereocenters. The number of carbonyl (C=O) groups excluding carboxylic acids is 1. The molecule has 1 atom stereocenters. The zero-order chi connectivity index (χ0) is 12.8. The van der Waals surface area contributed by atoms with E-state index in [0.29, 0.717) is 23.7 Å². The van der Waals surface area contributed by atoms with Gasteiger partial charge in [-0.1, -0.05) is 24.6 Å². The fraction of sp³-hybridized carbons (Fsp3) is 0.417. The van der Waals surface area contributed by atoms with E-state index in [1.54, 1.807) is 25.3 Å². The summed E-state index contributed by atoms with van der Waals surface area (Å²) in [5.74, 6) is 0.470. The van der Waals surface area contributed by atoms with Crippen LogP contribution < -0.4 is 15.8 Å². The fourth-order valence-electron chi connectivity index (χ4n) is 1.39. The number of ether oxygens (including phenoxy) is 1. The van der Waals surface area contributed by atoms with Crippen LogP contribution in [0.5, 0.6) is 5.75 Å². The number of carbonyl (C=O) groups is 1. The highest BCUT2D eigenvalue weighted by Crippen LogP contribution is 2.25. The minimum atomic E-state index is -0.483. The van der Waals surface area contributed by atoms with E-state index in [2.05, 4.69) is 5.32 Å². The molecule has 0 aromatic heterocycles. The number of hydrogen-bond donors (Lipinski definition) is 2. The van der Waals surface area contributed by atoms with Gasteiger partial charge in [0.15, 0.2) is 0 Å². The second-order valence-electron chi connectivity index (χ2n) is 3.65. The molecule has 1 aromatic carbocycles. The maximum Gasteiger partial charge on any atom is 0.237 e. The van der Waals surface area contributed by atoms with Crippen LogP contribution in [-0.4, -0.2) is 19.1 Å². The third-order valence-electron chi connectivity index (χ3n) is 2.51. The van der Waals surface area contributed by atoms with E-state index in [4.69, 9.17) is 22.1 Å². The molecule has 0 aliphatic rings. The summed E-state index contributed by atoms with van der Waals surface area (Å²) in [6.07, 6.45) is 0.603. The van der Waals surface area contributed by atoms with Gasteiger partial charge in [0.25, 0.3) is 0 Å². The van der Waals surface area contributed by atoms with Crippen molar-refractivity contribution in [3.05, 3.63) is 28.8 Å². The predicted molar refractivity (Wildman–Crippen MR) is 68.1 cm³/mol. The molecular formula is C12H17ClN2O2. The molecule has 0 bridgehead atoms. The van der Waals surface area contributed by atoms with E-state index in [1.165, 1.54) is 0 Å². The van der Waals surface area contributed by atoms with Crippen molar-refractivity contribution in [3.8, 4) is 5.75 Å². The fourth-order valence-corrected chi connectivity index (χ4v) is 1.63. The van der Waals surface area contributed by atoms with Gasteiger partial charge in [-0.2, -0.15) is 0 Å². The van der Waals surface area contributed by atoms with Crippen molar-refractivity contribution in [2.45, 2.75) is 25.9 Å². The third-order valence-corrected chi connectivity index (χ3v) is 2.87. The summed E-state index contributed by atoms with van der Waals surface area (Å²) in [6, 6.07) is 4.87. The van der Waals surface area contributed by atoms with Gasteiger partial charge in [0.1, 0.15) is 5.75 Å². The highest BCUT2D eigenvalue weighted by atomic mass is 35.5. The van der Waals surface area contributed by atoms with Crippen molar-refractivity contribution in [1.29, 1.82) is 0 Å². The third kappa shape index (κ3) is 3.61. The minimum absolute atomic E-state index is 0.186. The first-order valence-corrected chi connectivity index (χ1v) is 5.82. The van der Waals surface area contributed by atoms with Gasteiger partial charge in [-0.15, -0.1) is 0 Å². The standard InChI is InChI=1S/C12H17ClN2O2/c1-3-10(14)12(16)15-7-8-9(13)5-4-6-11(8)17-2/h4-6,10H,3,7,14H2,1-2H3,(H,15,16)/t10-/m1/s1. The van der Waals surface area contributed by atoms with Gasteiger partial charge in [-0.25, -0.2) is 0 Å². The van der Waals surface area contributed by atoms with Crippen molar-refractivity contribution >= 4 is 17.5 Å². The lowest BCUT2D eigenvalue weighted by Gasteiger charge is -2.13. The van der Waals surface area contributed by atoms with Crippen molar-refractivity contribution in [3.63, 3.8) is 0 Å². The normalized spacial score (nSPS) is 12.0. The molecule has 0 fully saturated rings. The molecule has 1 aromatic rings. The second-order valence-corrected chi connectivity index (χ2v) is 4.06. The van der Waals surface area contributed by atoms with E-state index in [-0.39, 0.29) is 5.91 Å². The first-order valence-electron chi connectivity index (χ1n) is 5.44. The van der Waals surface area contributed by atoms with Gasteiger partial charge >= 0.3 is 0 Å². The number of methoxy groups -OCH3 is 1. The van der Waals surface area contributed by atoms with E-state index in [9.17, 15) is 4.79 Å². The molecule has 0 aliphatic heterocycles. The molecule has 0 heterocycles. The summed E-state index contributed by atoms with van der Waals surface area (Å²) < 4.78 is 5.18. The monoisotopic (exact) mass is 256 g/mol. The Balaban J connectivity index is 2.72. The van der Waals surface area contributed by atoms with Crippen LogP contribution in [0, 0.1) is 0 Å². The van der Waals surface area contributed by atoms with Gasteiger partial charge in [-0.3, -0.25) is 4.79 Å². The summed E-state index contributed by atoms with van der Waals surface area (Å²) >= 11 is 6.04. The molecule has 0 radical (unpaired) electrons. The number of rotatable bonds is 5. The molecule has 0 saturated heterocycles. The van der Waals surface area contributed by atoms with Crippen molar-refractivity contribution in [1.82, 2.24) is 5.32 Å². The zero-order valence-corrected chi connectivity index (χ0v) is 10.8. The molecular weight excluding hydrogens is 240 g/mol. The Morgan fingerprint density at radius 3 is 2.88 bits per heavy atom. The van der Waals surface area contributed by atoms with Gasteiger partial charge in [-0.05, 0) is 18.6 Å². The molecule has 17 heavy (non-hydrogen) atoms. The average Bonchev–Trinajstić information content (AvgIpc) is 2.35. The van der Waals surface area contributed by atoms with Crippen LogP contribution in [0.25, 0.3) is 0 Å². The smallest absolute Gasteiger partial charge is 0.237 e. The highest BCUT2D eigenvalue weighted by molar-refractivity contribution is 6.31. The lowest BCUT2D eigenvalue weighted by molar-refractivity contribution is -0.122. The number of benzene rings is 1. The lowest BCUT2D eigenvalue weighted by atomic mass is 10.2. The number of amides is 1. The molecule has 0 spiro atoms. The van der Waals surface area contributed by atoms with E-state index < -0.39 is 6.04 Å². The largest absolute Gasteiger partial charge is 0.496 e. The molecule has 5 heteroatoms. The Kier molecular flexibility index (Phi) is 5.25. The van der Waals surface area contributed by atoms with Crippen LogP contribution in [0.2, 0.25) is 5.02 Å². The van der Waals surface area contributed by atoms with E-state index >= 15 is 0 Å². The van der Waals surface area contributed by atoms with Crippen LogP contribution in [-0.2, 0) is 11.3 Å². The van der Waals surface area contributed by atoms with Gasteiger partial charge < -0.3 is 15.8 Å². The van der Waals surface area contributed by atoms with Crippen LogP contribution in [0.4, 0.5) is 0 Å². The first-order chi connectivity index (χ1) is 8.10. The molecule has 94 valence electrons. The maximum absolute atomic E-state index is 11.5. The van der Waals surface area contributed by atoms with Gasteiger partial charge in [0, 0.05) is 17.1 Å². The Morgan fingerprint density at radius 2 is 2.29 bits per heavy atom. The summed E-state index contributed by atoms with van der Waals surface area (Å²) in [5, 5.41) is 3.30. The van der Waals surface area contributed by atoms with E-state index in [0.717, 1.165) is 5.56 Å². The quantitative estimate of drug-likeness (QED) is 0.843. The van der Waals surface area contributed by atoms with E-state index in [1.807, 2.05) is 6.92 Å². The summed E-state index contributed by atoms with van der Waals surface area (Å²) in [5.41, 5.74) is 6.37. The number of halogens is 1. The Hall–Kier alpha value is -1.26. The Labute approximate surface area is 106 Å². The lowest BCUT2D eigenvalue weighted by Crippen LogP contribution is -2.39.